The fraction of sp³-hybridized carbons (Fsp3) is 0.333. The first-order valence-corrected chi connectivity index (χ1v) is 10.7. The van der Waals surface area contributed by atoms with Gasteiger partial charge in [-0.2, -0.15) is 0 Å². The molecule has 0 bridgehead atoms. The normalized spacial score (nSPS) is 22.0. The number of nitrogens with zero attached hydrogens (tertiary/aromatic N) is 4. The SMILES string of the molecule is C=CC(=O)N1CC[C@]2(C1)C[C@H](n1c(NC(=O)c3ccc(OC)nc3)nc3ccccc31)C2. The Balaban J connectivity index is 1.39. The van der Waals surface area contributed by atoms with Gasteiger partial charge in [0.05, 0.1) is 23.7 Å². The number of likely N-dealkylation sites (tertiary alicyclic amines) is 1. The number of rotatable bonds is 5. The molecule has 1 N–H and O–H groups in total. The van der Waals surface area contributed by atoms with Crippen LogP contribution in [0, 0.1) is 5.41 Å². The predicted octanol–water partition coefficient (Wildman–Crippen LogP) is 3.43. The van der Waals surface area contributed by atoms with Crippen LogP contribution in [0.5, 0.6) is 5.88 Å². The Labute approximate surface area is 185 Å². The van der Waals surface area contributed by atoms with Crippen molar-refractivity contribution in [3.05, 3.63) is 60.8 Å². The lowest BCUT2D eigenvalue weighted by Crippen LogP contribution is -2.42. The molecule has 1 aromatic carbocycles. The van der Waals surface area contributed by atoms with E-state index in [2.05, 4.69) is 21.4 Å². The van der Waals surface area contributed by atoms with Crippen molar-refractivity contribution in [3.8, 4) is 5.88 Å². The minimum Gasteiger partial charge on any atom is -0.481 e. The van der Waals surface area contributed by atoms with Crippen molar-refractivity contribution < 1.29 is 14.3 Å². The Kier molecular flexibility index (Phi) is 4.92. The fourth-order valence-electron chi connectivity index (χ4n) is 5.02. The van der Waals surface area contributed by atoms with Crippen molar-refractivity contribution >= 4 is 28.8 Å². The van der Waals surface area contributed by atoms with Crippen LogP contribution in [0.1, 0.15) is 35.7 Å². The second kappa shape index (κ2) is 7.78. The molecule has 0 unspecified atom stereocenters. The van der Waals surface area contributed by atoms with Crippen LogP contribution in [0.25, 0.3) is 11.0 Å². The van der Waals surface area contributed by atoms with Crippen LogP contribution in [-0.4, -0.2) is 51.4 Å². The van der Waals surface area contributed by atoms with Gasteiger partial charge in [0, 0.05) is 31.4 Å². The lowest BCUT2D eigenvalue weighted by atomic mass is 9.65. The number of para-hydroxylation sites is 2. The van der Waals surface area contributed by atoms with Crippen molar-refractivity contribution in [3.63, 3.8) is 0 Å². The molecule has 8 heteroatoms. The number of nitrogens with one attached hydrogen (secondary N) is 1. The number of carbonyl (C=O) groups excluding carboxylic acids is 2. The summed E-state index contributed by atoms with van der Waals surface area (Å²) in [5.41, 5.74) is 2.40. The molecule has 1 saturated heterocycles. The van der Waals surface area contributed by atoms with E-state index < -0.39 is 0 Å². The Morgan fingerprint density at radius 3 is 2.78 bits per heavy atom. The van der Waals surface area contributed by atoms with Gasteiger partial charge in [0.25, 0.3) is 5.91 Å². The molecular formula is C24H25N5O3. The maximum absolute atomic E-state index is 12.9. The summed E-state index contributed by atoms with van der Waals surface area (Å²) >= 11 is 0. The van der Waals surface area contributed by atoms with Crippen molar-refractivity contribution in [1.82, 2.24) is 19.4 Å². The number of aromatic nitrogens is 3. The van der Waals surface area contributed by atoms with E-state index in [4.69, 9.17) is 9.72 Å². The first kappa shape index (κ1) is 20.2. The first-order valence-electron chi connectivity index (χ1n) is 10.7. The van der Waals surface area contributed by atoms with Gasteiger partial charge in [0.2, 0.25) is 17.7 Å². The van der Waals surface area contributed by atoms with Crippen molar-refractivity contribution in [1.29, 1.82) is 0 Å². The number of hydrogen-bond acceptors (Lipinski definition) is 5. The minimum absolute atomic E-state index is 0.000501. The van der Waals surface area contributed by atoms with E-state index in [1.165, 1.54) is 19.4 Å². The summed E-state index contributed by atoms with van der Waals surface area (Å²) in [7, 11) is 1.53. The predicted molar refractivity (Wildman–Crippen MR) is 121 cm³/mol. The van der Waals surface area contributed by atoms with Crippen molar-refractivity contribution in [2.24, 2.45) is 5.41 Å². The van der Waals surface area contributed by atoms with Crippen LogP contribution >= 0.6 is 0 Å². The summed E-state index contributed by atoms with van der Waals surface area (Å²) in [4.78, 5) is 35.6. The Morgan fingerprint density at radius 1 is 1.25 bits per heavy atom. The average molecular weight is 431 g/mol. The summed E-state index contributed by atoms with van der Waals surface area (Å²) in [6.45, 7) is 5.14. The average Bonchev–Trinajstić information content (AvgIpc) is 3.39. The summed E-state index contributed by atoms with van der Waals surface area (Å²) in [5, 5.41) is 2.97. The minimum atomic E-state index is -0.269. The number of amides is 2. The summed E-state index contributed by atoms with van der Waals surface area (Å²) in [6, 6.07) is 11.4. The van der Waals surface area contributed by atoms with E-state index in [1.807, 2.05) is 29.2 Å². The number of benzene rings is 1. The Bertz CT molecular complexity index is 1190. The molecule has 0 radical (unpaired) electrons. The fourth-order valence-corrected chi connectivity index (χ4v) is 5.02. The number of imidazole rings is 1. The van der Waals surface area contributed by atoms with Crippen molar-refractivity contribution in [2.45, 2.75) is 25.3 Å². The highest BCUT2D eigenvalue weighted by Gasteiger charge is 2.50. The van der Waals surface area contributed by atoms with Gasteiger partial charge in [-0.15, -0.1) is 0 Å². The van der Waals surface area contributed by atoms with Gasteiger partial charge in [-0.05, 0) is 49.0 Å². The number of anilines is 1. The molecule has 3 heterocycles. The standard InChI is InChI=1S/C24H25N5O3/c1-3-21(30)28-11-10-24(15-28)12-17(13-24)29-19-7-5-4-6-18(19)26-23(29)27-22(31)16-8-9-20(32-2)25-14-16/h3-9,14,17H,1,10-13,15H2,2H3,(H,26,27,31)/t17-,24-. The van der Waals surface area contributed by atoms with Crippen LogP contribution in [0.3, 0.4) is 0 Å². The molecule has 1 aliphatic carbocycles. The van der Waals surface area contributed by atoms with Crippen LogP contribution in [-0.2, 0) is 4.79 Å². The Hall–Kier alpha value is -3.68. The highest BCUT2D eigenvalue weighted by molar-refractivity contribution is 6.04. The molecule has 5 rings (SSSR count). The lowest BCUT2D eigenvalue weighted by molar-refractivity contribution is -0.125. The zero-order chi connectivity index (χ0) is 22.3. The maximum Gasteiger partial charge on any atom is 0.259 e. The largest absolute Gasteiger partial charge is 0.481 e. The van der Waals surface area contributed by atoms with Gasteiger partial charge >= 0.3 is 0 Å². The smallest absolute Gasteiger partial charge is 0.259 e. The number of hydrogen-bond donors (Lipinski definition) is 1. The zero-order valence-electron chi connectivity index (χ0n) is 18.0. The van der Waals surface area contributed by atoms with Gasteiger partial charge in [-0.25, -0.2) is 9.97 Å². The van der Waals surface area contributed by atoms with Crippen LogP contribution < -0.4 is 10.1 Å². The monoisotopic (exact) mass is 431 g/mol. The molecule has 3 aromatic rings. The van der Waals surface area contributed by atoms with E-state index in [9.17, 15) is 9.59 Å². The lowest BCUT2D eigenvalue weighted by Gasteiger charge is -2.46. The molecule has 1 aliphatic heterocycles. The van der Waals surface area contributed by atoms with Gasteiger partial charge < -0.3 is 14.2 Å². The summed E-state index contributed by atoms with van der Waals surface area (Å²) in [5.74, 6) is 0.715. The van der Waals surface area contributed by atoms with E-state index in [1.54, 1.807) is 12.1 Å². The molecule has 2 fully saturated rings. The number of fused-ring (bicyclic) bond motifs is 1. The van der Waals surface area contributed by atoms with Crippen LogP contribution in [0.4, 0.5) is 5.95 Å². The highest BCUT2D eigenvalue weighted by atomic mass is 16.5. The second-order valence-electron chi connectivity index (χ2n) is 8.61. The second-order valence-corrected chi connectivity index (χ2v) is 8.61. The number of pyridine rings is 1. The third-order valence-corrected chi connectivity index (χ3v) is 6.66. The highest BCUT2D eigenvalue weighted by Crippen LogP contribution is 2.55. The molecule has 2 aliphatic rings. The third kappa shape index (κ3) is 3.41. The van der Waals surface area contributed by atoms with E-state index in [-0.39, 0.29) is 23.3 Å². The van der Waals surface area contributed by atoms with Gasteiger partial charge in [-0.1, -0.05) is 18.7 Å². The van der Waals surface area contributed by atoms with Gasteiger partial charge in [0.15, 0.2) is 0 Å². The van der Waals surface area contributed by atoms with Crippen LogP contribution in [0.2, 0.25) is 0 Å². The quantitative estimate of drug-likeness (QED) is 0.625. The molecule has 32 heavy (non-hydrogen) atoms. The number of carbonyl (C=O) groups is 2. The molecule has 1 spiro atoms. The Morgan fingerprint density at radius 2 is 2.06 bits per heavy atom. The third-order valence-electron chi connectivity index (χ3n) is 6.66. The maximum atomic E-state index is 12.9. The van der Waals surface area contributed by atoms with E-state index in [0.717, 1.165) is 43.4 Å². The summed E-state index contributed by atoms with van der Waals surface area (Å²) < 4.78 is 7.20. The zero-order valence-corrected chi connectivity index (χ0v) is 18.0. The molecule has 0 atom stereocenters. The summed E-state index contributed by atoms with van der Waals surface area (Å²) in [6.07, 6.45) is 5.76. The van der Waals surface area contributed by atoms with Gasteiger partial charge in [-0.3, -0.25) is 14.9 Å². The molecule has 2 aromatic heterocycles. The van der Waals surface area contributed by atoms with Crippen LogP contribution in [0.15, 0.2) is 55.3 Å². The molecule has 164 valence electrons. The van der Waals surface area contributed by atoms with Crippen molar-refractivity contribution in [2.75, 3.05) is 25.5 Å². The van der Waals surface area contributed by atoms with E-state index >= 15 is 0 Å². The first-order chi connectivity index (χ1) is 15.5. The molecule has 8 nitrogen and oxygen atoms in total. The molecule has 1 saturated carbocycles. The molecular weight excluding hydrogens is 406 g/mol. The topological polar surface area (TPSA) is 89.4 Å². The number of methoxy groups -OCH3 is 1. The van der Waals surface area contributed by atoms with E-state index in [0.29, 0.717) is 17.4 Å². The van der Waals surface area contributed by atoms with Gasteiger partial charge in [0.1, 0.15) is 0 Å². The number of ether oxygens (including phenoxy) is 1. The molecule has 2 amide bonds.